The number of ether oxygens (including phenoxy) is 1. The Kier molecular flexibility index (Phi) is 6.73. The zero-order valence-corrected chi connectivity index (χ0v) is 10.5. The molecule has 86 valence electrons. The van der Waals surface area contributed by atoms with Gasteiger partial charge in [0.05, 0.1) is 0 Å². The zero-order chi connectivity index (χ0) is 10.6. The summed E-state index contributed by atoms with van der Waals surface area (Å²) in [5.41, 5.74) is 5.84. The van der Waals surface area contributed by atoms with Gasteiger partial charge in [-0.05, 0) is 24.1 Å². The first-order valence-electron chi connectivity index (χ1n) is 4.73. The first-order chi connectivity index (χ1) is 6.59. The van der Waals surface area contributed by atoms with Crippen LogP contribution in [0.5, 0.6) is 5.75 Å². The third-order valence-corrected chi connectivity index (χ3v) is 2.33. The lowest BCUT2D eigenvalue weighted by Crippen LogP contribution is -2.32. The van der Waals surface area contributed by atoms with Crippen LogP contribution in [0.25, 0.3) is 0 Å². The summed E-state index contributed by atoms with van der Waals surface area (Å²) in [7, 11) is 0. The minimum Gasteiger partial charge on any atom is -0.492 e. The van der Waals surface area contributed by atoms with Gasteiger partial charge in [-0.2, -0.15) is 0 Å². The van der Waals surface area contributed by atoms with E-state index < -0.39 is 0 Å². The van der Waals surface area contributed by atoms with E-state index in [1.54, 1.807) is 6.07 Å². The molecule has 0 spiro atoms. The van der Waals surface area contributed by atoms with Crippen LogP contribution in [0.15, 0.2) is 24.3 Å². The van der Waals surface area contributed by atoms with Gasteiger partial charge in [0.25, 0.3) is 0 Å². The van der Waals surface area contributed by atoms with Crippen LogP contribution in [0.1, 0.15) is 13.8 Å². The van der Waals surface area contributed by atoms with Crippen molar-refractivity contribution in [1.82, 2.24) is 0 Å². The second-order valence-corrected chi connectivity index (χ2v) is 4.11. The third kappa shape index (κ3) is 5.26. The Morgan fingerprint density at radius 3 is 2.60 bits per heavy atom. The Balaban J connectivity index is 0.00000196. The minimum atomic E-state index is 0. The number of hydrogen-bond acceptors (Lipinski definition) is 2. The van der Waals surface area contributed by atoms with Gasteiger partial charge in [-0.1, -0.05) is 31.5 Å². The summed E-state index contributed by atoms with van der Waals surface area (Å²) in [6, 6.07) is 7.40. The van der Waals surface area contributed by atoms with E-state index in [1.165, 1.54) is 0 Å². The van der Waals surface area contributed by atoms with Crippen LogP contribution >= 0.6 is 24.0 Å². The van der Waals surface area contributed by atoms with Crippen molar-refractivity contribution in [3.05, 3.63) is 29.3 Å². The number of rotatable bonds is 4. The highest BCUT2D eigenvalue weighted by Gasteiger charge is 2.07. The van der Waals surface area contributed by atoms with Gasteiger partial charge in [0.15, 0.2) is 0 Å². The van der Waals surface area contributed by atoms with Gasteiger partial charge in [0.2, 0.25) is 0 Å². The highest BCUT2D eigenvalue weighted by atomic mass is 35.5. The molecule has 4 heteroatoms. The normalized spacial score (nSPS) is 12.1. The molecule has 1 unspecified atom stereocenters. The monoisotopic (exact) mass is 249 g/mol. The molecule has 0 heterocycles. The molecule has 0 saturated carbocycles. The van der Waals surface area contributed by atoms with Gasteiger partial charge in [0.1, 0.15) is 12.4 Å². The molecule has 0 aliphatic carbocycles. The summed E-state index contributed by atoms with van der Waals surface area (Å²) in [4.78, 5) is 0. The molecule has 0 aromatic heterocycles. The van der Waals surface area contributed by atoms with Gasteiger partial charge >= 0.3 is 0 Å². The average Bonchev–Trinajstić information content (AvgIpc) is 2.14. The van der Waals surface area contributed by atoms with E-state index in [4.69, 9.17) is 22.1 Å². The molecule has 0 radical (unpaired) electrons. The molecule has 1 aromatic carbocycles. The Morgan fingerprint density at radius 2 is 2.07 bits per heavy atom. The van der Waals surface area contributed by atoms with Crippen molar-refractivity contribution < 1.29 is 4.74 Å². The number of benzene rings is 1. The predicted molar refractivity (Wildman–Crippen MR) is 67.0 cm³/mol. The van der Waals surface area contributed by atoms with E-state index in [-0.39, 0.29) is 18.4 Å². The van der Waals surface area contributed by atoms with Gasteiger partial charge in [-0.15, -0.1) is 12.4 Å². The van der Waals surface area contributed by atoms with Crippen LogP contribution in [-0.4, -0.2) is 12.6 Å². The van der Waals surface area contributed by atoms with E-state index in [1.807, 2.05) is 18.2 Å². The average molecular weight is 250 g/mol. The molecule has 1 atom stereocenters. The summed E-state index contributed by atoms with van der Waals surface area (Å²) in [6.07, 6.45) is 0. The van der Waals surface area contributed by atoms with Crippen LogP contribution in [0.3, 0.4) is 0 Å². The highest BCUT2D eigenvalue weighted by Crippen LogP contribution is 2.17. The van der Waals surface area contributed by atoms with Crippen molar-refractivity contribution in [2.45, 2.75) is 19.9 Å². The van der Waals surface area contributed by atoms with Crippen molar-refractivity contribution in [1.29, 1.82) is 0 Å². The number of hydrogen-bond donors (Lipinski definition) is 1. The molecule has 0 amide bonds. The first kappa shape index (κ1) is 14.6. The summed E-state index contributed by atoms with van der Waals surface area (Å²) < 4.78 is 5.50. The predicted octanol–water partition coefficient (Wildman–Crippen LogP) is 3.12. The van der Waals surface area contributed by atoms with Crippen molar-refractivity contribution in [3.8, 4) is 5.75 Å². The molecule has 0 aliphatic heterocycles. The lowest BCUT2D eigenvalue weighted by molar-refractivity contribution is 0.259. The van der Waals surface area contributed by atoms with Crippen molar-refractivity contribution in [2.24, 2.45) is 11.7 Å². The second-order valence-electron chi connectivity index (χ2n) is 3.68. The topological polar surface area (TPSA) is 35.2 Å². The second kappa shape index (κ2) is 6.94. The van der Waals surface area contributed by atoms with Crippen LogP contribution < -0.4 is 10.5 Å². The minimum absolute atomic E-state index is 0. The van der Waals surface area contributed by atoms with Gasteiger partial charge in [0, 0.05) is 11.1 Å². The number of nitrogens with two attached hydrogens (primary N) is 1. The molecular weight excluding hydrogens is 233 g/mol. The third-order valence-electron chi connectivity index (χ3n) is 2.09. The Bertz CT molecular complexity index is 292. The smallest absolute Gasteiger partial charge is 0.120 e. The largest absolute Gasteiger partial charge is 0.492 e. The summed E-state index contributed by atoms with van der Waals surface area (Å²) in [5, 5.41) is 0.681. The molecule has 2 nitrogen and oxygen atoms in total. The van der Waals surface area contributed by atoms with E-state index >= 15 is 0 Å². The van der Waals surface area contributed by atoms with Crippen LogP contribution in [-0.2, 0) is 0 Å². The van der Waals surface area contributed by atoms with Crippen LogP contribution in [0, 0.1) is 5.92 Å². The van der Waals surface area contributed by atoms with Crippen LogP contribution in [0.4, 0.5) is 0 Å². The molecule has 0 bridgehead atoms. The molecule has 0 aliphatic rings. The summed E-state index contributed by atoms with van der Waals surface area (Å²) in [5.74, 6) is 1.20. The van der Waals surface area contributed by atoms with Gasteiger partial charge in [-0.3, -0.25) is 0 Å². The number of halogens is 2. The molecule has 15 heavy (non-hydrogen) atoms. The lowest BCUT2D eigenvalue weighted by Gasteiger charge is -2.16. The van der Waals surface area contributed by atoms with E-state index in [2.05, 4.69) is 13.8 Å². The van der Waals surface area contributed by atoms with Crippen molar-refractivity contribution in [2.75, 3.05) is 6.61 Å². The summed E-state index contributed by atoms with van der Waals surface area (Å²) in [6.45, 7) is 4.68. The maximum absolute atomic E-state index is 5.84. The quantitative estimate of drug-likeness (QED) is 0.891. The molecule has 0 saturated heterocycles. The SMILES string of the molecule is CC(C)C(N)COc1cccc(Cl)c1.Cl. The Hall–Kier alpha value is -0.440. The fourth-order valence-corrected chi connectivity index (χ4v) is 1.12. The summed E-state index contributed by atoms with van der Waals surface area (Å²) >= 11 is 5.81. The van der Waals surface area contributed by atoms with Gasteiger partial charge < -0.3 is 10.5 Å². The highest BCUT2D eigenvalue weighted by molar-refractivity contribution is 6.30. The van der Waals surface area contributed by atoms with Crippen molar-refractivity contribution in [3.63, 3.8) is 0 Å². The maximum atomic E-state index is 5.84. The molecule has 0 fully saturated rings. The van der Waals surface area contributed by atoms with Gasteiger partial charge in [-0.25, -0.2) is 0 Å². The fourth-order valence-electron chi connectivity index (χ4n) is 0.942. The van der Waals surface area contributed by atoms with E-state index in [0.29, 0.717) is 17.5 Å². The Morgan fingerprint density at radius 1 is 1.40 bits per heavy atom. The molecular formula is C11H17Cl2NO. The Labute approximate surface area is 102 Å². The lowest BCUT2D eigenvalue weighted by atomic mass is 10.1. The van der Waals surface area contributed by atoms with E-state index in [9.17, 15) is 0 Å². The van der Waals surface area contributed by atoms with Crippen molar-refractivity contribution >= 4 is 24.0 Å². The van der Waals surface area contributed by atoms with Crippen LogP contribution in [0.2, 0.25) is 5.02 Å². The fraction of sp³-hybridized carbons (Fsp3) is 0.455. The molecule has 1 aromatic rings. The maximum Gasteiger partial charge on any atom is 0.120 e. The zero-order valence-electron chi connectivity index (χ0n) is 8.94. The molecule has 1 rings (SSSR count). The standard InChI is InChI=1S/C11H16ClNO.ClH/c1-8(2)11(13)7-14-10-5-3-4-9(12)6-10;/h3-6,8,11H,7,13H2,1-2H3;1H. The van der Waals surface area contributed by atoms with E-state index in [0.717, 1.165) is 5.75 Å². The molecule has 2 N–H and O–H groups in total. The first-order valence-corrected chi connectivity index (χ1v) is 5.11.